The lowest BCUT2D eigenvalue weighted by molar-refractivity contribution is 0.162. The molecule has 0 unspecified atom stereocenters. The summed E-state index contributed by atoms with van der Waals surface area (Å²) in [6.45, 7) is 1.61. The molecular weight excluding hydrogens is 236 g/mol. The third-order valence-corrected chi connectivity index (χ3v) is 2.73. The summed E-state index contributed by atoms with van der Waals surface area (Å²) < 4.78 is 0. The Morgan fingerprint density at radius 1 is 0.842 bits per heavy atom. The van der Waals surface area contributed by atoms with E-state index in [4.69, 9.17) is 0 Å². The summed E-state index contributed by atoms with van der Waals surface area (Å²) in [6.07, 6.45) is 0. The van der Waals surface area contributed by atoms with E-state index < -0.39 is 0 Å². The zero-order valence-electron chi connectivity index (χ0n) is 11.1. The van der Waals surface area contributed by atoms with Gasteiger partial charge in [0.1, 0.15) is 0 Å². The second kappa shape index (κ2) is 7.66. The molecule has 0 aromatic heterocycles. The first-order chi connectivity index (χ1) is 9.34. The molecule has 0 aliphatic heterocycles. The monoisotopic (exact) mass is 256 g/mol. The lowest BCUT2D eigenvalue weighted by atomic mass is 10.2. The number of nitrogens with one attached hydrogen (secondary N) is 3. The smallest absolute Gasteiger partial charge is 0.0392 e. The Morgan fingerprint density at radius 2 is 1.42 bits per heavy atom. The van der Waals surface area contributed by atoms with Crippen molar-refractivity contribution in [1.82, 2.24) is 21.5 Å². The lowest BCUT2D eigenvalue weighted by Gasteiger charge is -2.19. The van der Waals surface area contributed by atoms with Crippen LogP contribution in [0.25, 0.3) is 0 Å². The maximum absolute atomic E-state index is 3.12. The molecule has 0 radical (unpaired) electrons. The molecule has 0 amide bonds. The molecule has 100 valence electrons. The highest BCUT2D eigenvalue weighted by atomic mass is 15.8. The first-order valence-electron chi connectivity index (χ1n) is 6.37. The Balaban J connectivity index is 1.63. The molecule has 0 heterocycles. The van der Waals surface area contributed by atoms with Gasteiger partial charge in [0.15, 0.2) is 0 Å². The average Bonchev–Trinajstić information content (AvgIpc) is 2.46. The molecular formula is C15H20N4. The van der Waals surface area contributed by atoms with Gasteiger partial charge in [-0.1, -0.05) is 60.7 Å². The van der Waals surface area contributed by atoms with Gasteiger partial charge in [-0.15, -0.1) is 0 Å². The van der Waals surface area contributed by atoms with Crippen molar-refractivity contribution in [2.45, 2.75) is 13.1 Å². The number of rotatable bonds is 7. The van der Waals surface area contributed by atoms with E-state index >= 15 is 0 Å². The molecule has 3 N–H and O–H groups in total. The highest BCUT2D eigenvalue weighted by molar-refractivity contribution is 5.14. The molecule has 0 atom stereocenters. The average molecular weight is 256 g/mol. The summed E-state index contributed by atoms with van der Waals surface area (Å²) in [5.41, 5.74) is 11.7. The van der Waals surface area contributed by atoms with Crippen molar-refractivity contribution in [3.05, 3.63) is 71.8 Å². The molecule has 0 saturated heterocycles. The Morgan fingerprint density at radius 3 is 2.05 bits per heavy atom. The van der Waals surface area contributed by atoms with Gasteiger partial charge in [0.25, 0.3) is 0 Å². The van der Waals surface area contributed by atoms with Crippen molar-refractivity contribution < 1.29 is 0 Å². The van der Waals surface area contributed by atoms with Crippen LogP contribution >= 0.6 is 0 Å². The van der Waals surface area contributed by atoms with Gasteiger partial charge in [-0.25, -0.2) is 10.4 Å². The highest BCUT2D eigenvalue weighted by Gasteiger charge is 1.97. The number of hydrogen-bond donors (Lipinski definition) is 3. The van der Waals surface area contributed by atoms with Gasteiger partial charge < -0.3 is 0 Å². The van der Waals surface area contributed by atoms with Crippen LogP contribution < -0.4 is 16.5 Å². The van der Waals surface area contributed by atoms with Crippen molar-refractivity contribution >= 4 is 0 Å². The van der Waals surface area contributed by atoms with Gasteiger partial charge in [0.05, 0.1) is 0 Å². The fourth-order valence-electron chi connectivity index (χ4n) is 1.77. The lowest BCUT2D eigenvalue weighted by Crippen LogP contribution is -2.50. The molecule has 0 spiro atoms. The fraction of sp³-hybridized carbons (Fsp3) is 0.200. The van der Waals surface area contributed by atoms with Gasteiger partial charge in [-0.2, -0.15) is 11.1 Å². The molecule has 0 fully saturated rings. The maximum Gasteiger partial charge on any atom is 0.0392 e. The first-order valence-corrected chi connectivity index (χ1v) is 6.37. The summed E-state index contributed by atoms with van der Waals surface area (Å²) >= 11 is 0. The third-order valence-electron chi connectivity index (χ3n) is 2.73. The summed E-state index contributed by atoms with van der Waals surface area (Å²) in [7, 11) is 1.99. The van der Waals surface area contributed by atoms with Crippen molar-refractivity contribution in [1.29, 1.82) is 0 Å². The van der Waals surface area contributed by atoms with E-state index in [9.17, 15) is 0 Å². The molecule has 19 heavy (non-hydrogen) atoms. The van der Waals surface area contributed by atoms with E-state index in [0.717, 1.165) is 13.1 Å². The van der Waals surface area contributed by atoms with Crippen LogP contribution in [0.1, 0.15) is 11.1 Å². The standard InChI is InChI=1S/C15H20N4/c1-19(13-15-10-6-3-7-11-15)18-17-16-12-14-8-4-2-5-9-14/h2-11,16-18H,12-13H2,1H3. The zero-order valence-corrected chi connectivity index (χ0v) is 11.1. The van der Waals surface area contributed by atoms with Crippen molar-refractivity contribution in [3.8, 4) is 0 Å². The summed E-state index contributed by atoms with van der Waals surface area (Å²) in [5, 5.41) is 1.98. The number of benzene rings is 2. The van der Waals surface area contributed by atoms with Crippen molar-refractivity contribution in [2.75, 3.05) is 7.05 Å². The molecule has 0 bridgehead atoms. The van der Waals surface area contributed by atoms with Crippen LogP contribution in [-0.4, -0.2) is 12.1 Å². The number of hydrazine groups is 3. The molecule has 2 rings (SSSR count). The van der Waals surface area contributed by atoms with E-state index in [1.54, 1.807) is 0 Å². The van der Waals surface area contributed by atoms with Gasteiger partial charge in [-0.3, -0.25) is 0 Å². The van der Waals surface area contributed by atoms with Crippen LogP contribution in [0.5, 0.6) is 0 Å². The zero-order chi connectivity index (χ0) is 13.3. The summed E-state index contributed by atoms with van der Waals surface area (Å²) in [5.74, 6) is 0. The van der Waals surface area contributed by atoms with Gasteiger partial charge >= 0.3 is 0 Å². The maximum atomic E-state index is 3.12. The van der Waals surface area contributed by atoms with E-state index in [1.807, 2.05) is 48.5 Å². The predicted octanol–water partition coefficient (Wildman–Crippen LogP) is 1.83. The second-order valence-corrected chi connectivity index (χ2v) is 4.42. The van der Waals surface area contributed by atoms with E-state index in [0.29, 0.717) is 0 Å². The Hall–Kier alpha value is -1.72. The molecule has 0 aliphatic rings. The van der Waals surface area contributed by atoms with E-state index in [2.05, 4.69) is 40.8 Å². The molecule has 4 heteroatoms. The Labute approximate surface area is 114 Å². The molecule has 4 nitrogen and oxygen atoms in total. The van der Waals surface area contributed by atoms with Gasteiger partial charge in [0, 0.05) is 20.1 Å². The summed E-state index contributed by atoms with van der Waals surface area (Å²) in [6, 6.07) is 20.6. The largest absolute Gasteiger partial charge is 0.239 e. The topological polar surface area (TPSA) is 39.3 Å². The van der Waals surface area contributed by atoms with E-state index in [1.165, 1.54) is 11.1 Å². The van der Waals surface area contributed by atoms with Crippen molar-refractivity contribution in [2.24, 2.45) is 0 Å². The Kier molecular flexibility index (Phi) is 5.52. The van der Waals surface area contributed by atoms with E-state index in [-0.39, 0.29) is 0 Å². The normalized spacial score (nSPS) is 10.8. The highest BCUT2D eigenvalue weighted by Crippen LogP contribution is 2.00. The predicted molar refractivity (Wildman–Crippen MR) is 77.5 cm³/mol. The molecule has 2 aromatic rings. The van der Waals surface area contributed by atoms with Crippen LogP contribution in [0, 0.1) is 0 Å². The SMILES string of the molecule is CN(Cc1ccccc1)NNNCc1ccccc1. The first kappa shape index (κ1) is 13.7. The van der Waals surface area contributed by atoms with Crippen LogP contribution in [0.15, 0.2) is 60.7 Å². The minimum Gasteiger partial charge on any atom is -0.239 e. The van der Waals surface area contributed by atoms with Gasteiger partial charge in [-0.05, 0) is 11.1 Å². The van der Waals surface area contributed by atoms with Crippen LogP contribution in [-0.2, 0) is 13.1 Å². The third kappa shape index (κ3) is 5.19. The van der Waals surface area contributed by atoms with Crippen LogP contribution in [0.4, 0.5) is 0 Å². The quantitative estimate of drug-likeness (QED) is 0.522. The number of nitrogens with zero attached hydrogens (tertiary/aromatic N) is 1. The summed E-state index contributed by atoms with van der Waals surface area (Å²) in [4.78, 5) is 0. The number of hydrogen-bond acceptors (Lipinski definition) is 4. The Bertz CT molecular complexity index is 458. The van der Waals surface area contributed by atoms with Crippen LogP contribution in [0.3, 0.4) is 0 Å². The minimum absolute atomic E-state index is 0.771. The fourth-order valence-corrected chi connectivity index (χ4v) is 1.77. The van der Waals surface area contributed by atoms with Crippen LogP contribution in [0.2, 0.25) is 0 Å². The second-order valence-electron chi connectivity index (χ2n) is 4.42. The van der Waals surface area contributed by atoms with Gasteiger partial charge in [0.2, 0.25) is 0 Å². The molecule has 0 saturated carbocycles. The van der Waals surface area contributed by atoms with Crippen molar-refractivity contribution in [3.63, 3.8) is 0 Å². The molecule has 0 aliphatic carbocycles. The minimum atomic E-state index is 0.771. The molecule has 2 aromatic carbocycles.